The van der Waals surface area contributed by atoms with Crippen LogP contribution in [0.4, 0.5) is 11.6 Å². The van der Waals surface area contributed by atoms with Gasteiger partial charge in [0, 0.05) is 24.4 Å². The van der Waals surface area contributed by atoms with Crippen molar-refractivity contribution >= 4 is 17.2 Å². The number of fused-ring (bicyclic) bond motifs is 1. The predicted molar refractivity (Wildman–Crippen MR) is 101 cm³/mol. The second-order valence-corrected chi connectivity index (χ2v) is 8.22. The van der Waals surface area contributed by atoms with E-state index in [1.807, 2.05) is 28.4 Å². The van der Waals surface area contributed by atoms with Gasteiger partial charge in [0.25, 0.3) is 0 Å². The van der Waals surface area contributed by atoms with E-state index >= 15 is 0 Å². The van der Waals surface area contributed by atoms with E-state index in [0.29, 0.717) is 5.92 Å². The minimum atomic E-state index is -0.207. The van der Waals surface area contributed by atoms with Crippen LogP contribution in [0.15, 0.2) is 24.5 Å². The van der Waals surface area contributed by atoms with Crippen molar-refractivity contribution in [3.8, 4) is 0 Å². The second kappa shape index (κ2) is 6.09. The van der Waals surface area contributed by atoms with Gasteiger partial charge in [-0.3, -0.25) is 0 Å². The molecule has 0 aromatic carbocycles. The SMILES string of the molecule is Cc1cc2c(Nc3cc([C@H]4CC[C@@H](O)C4)nn3C(C)(C)C)nccn2n1. The van der Waals surface area contributed by atoms with Crippen molar-refractivity contribution in [1.29, 1.82) is 0 Å². The third-order valence-corrected chi connectivity index (χ3v) is 4.95. The zero-order valence-corrected chi connectivity index (χ0v) is 15.8. The molecule has 0 radical (unpaired) electrons. The van der Waals surface area contributed by atoms with E-state index in [4.69, 9.17) is 5.10 Å². The topological polar surface area (TPSA) is 80.3 Å². The van der Waals surface area contributed by atoms with Gasteiger partial charge >= 0.3 is 0 Å². The maximum absolute atomic E-state index is 9.88. The van der Waals surface area contributed by atoms with E-state index in [9.17, 15) is 5.11 Å². The molecule has 0 unspecified atom stereocenters. The molecule has 138 valence electrons. The van der Waals surface area contributed by atoms with Crippen molar-refractivity contribution in [2.75, 3.05) is 5.32 Å². The first kappa shape index (κ1) is 17.0. The molecule has 1 aliphatic rings. The Hall–Kier alpha value is -2.41. The summed E-state index contributed by atoms with van der Waals surface area (Å²) >= 11 is 0. The van der Waals surface area contributed by atoms with Crippen molar-refractivity contribution in [2.45, 2.75) is 64.5 Å². The highest BCUT2D eigenvalue weighted by molar-refractivity contribution is 5.72. The molecule has 1 saturated carbocycles. The van der Waals surface area contributed by atoms with Gasteiger partial charge < -0.3 is 10.4 Å². The highest BCUT2D eigenvalue weighted by Crippen LogP contribution is 2.36. The zero-order valence-electron chi connectivity index (χ0n) is 15.8. The van der Waals surface area contributed by atoms with Crippen LogP contribution in [0, 0.1) is 6.92 Å². The minimum Gasteiger partial charge on any atom is -0.393 e. The number of aryl methyl sites for hydroxylation is 1. The molecule has 0 spiro atoms. The van der Waals surface area contributed by atoms with Gasteiger partial charge in [0.15, 0.2) is 5.82 Å². The van der Waals surface area contributed by atoms with Crippen LogP contribution in [0.3, 0.4) is 0 Å². The lowest BCUT2D eigenvalue weighted by atomic mass is 10.0. The van der Waals surface area contributed by atoms with Gasteiger partial charge in [0.2, 0.25) is 0 Å². The summed E-state index contributed by atoms with van der Waals surface area (Å²) in [5.41, 5.74) is 2.75. The number of aromatic nitrogens is 5. The van der Waals surface area contributed by atoms with Gasteiger partial charge in [-0.15, -0.1) is 0 Å². The number of anilines is 2. The number of hydrogen-bond donors (Lipinski definition) is 2. The van der Waals surface area contributed by atoms with Gasteiger partial charge in [0.05, 0.1) is 23.0 Å². The largest absolute Gasteiger partial charge is 0.393 e. The van der Waals surface area contributed by atoms with Crippen LogP contribution >= 0.6 is 0 Å². The molecule has 2 N–H and O–H groups in total. The van der Waals surface area contributed by atoms with Gasteiger partial charge in [-0.25, -0.2) is 14.2 Å². The first-order chi connectivity index (χ1) is 12.3. The molecule has 3 aromatic rings. The second-order valence-electron chi connectivity index (χ2n) is 8.22. The summed E-state index contributed by atoms with van der Waals surface area (Å²) in [6.45, 7) is 8.38. The monoisotopic (exact) mass is 354 g/mol. The van der Waals surface area contributed by atoms with Crippen LogP contribution in [0.25, 0.3) is 5.52 Å². The fourth-order valence-electron chi connectivity index (χ4n) is 3.69. The molecule has 7 nitrogen and oxygen atoms in total. The molecule has 26 heavy (non-hydrogen) atoms. The molecule has 2 atom stereocenters. The van der Waals surface area contributed by atoms with Gasteiger partial charge in [0.1, 0.15) is 11.3 Å². The predicted octanol–water partition coefficient (Wildman–Crippen LogP) is 3.36. The lowest BCUT2D eigenvalue weighted by Gasteiger charge is -2.22. The van der Waals surface area contributed by atoms with Crippen LogP contribution in [0.2, 0.25) is 0 Å². The molecular formula is C19H26N6O. The lowest BCUT2D eigenvalue weighted by Crippen LogP contribution is -2.25. The smallest absolute Gasteiger partial charge is 0.157 e. The third kappa shape index (κ3) is 3.07. The normalized spacial score (nSPS) is 20.8. The highest BCUT2D eigenvalue weighted by atomic mass is 16.3. The highest BCUT2D eigenvalue weighted by Gasteiger charge is 2.29. The van der Waals surface area contributed by atoms with Crippen LogP contribution in [-0.2, 0) is 5.54 Å². The third-order valence-electron chi connectivity index (χ3n) is 4.95. The Morgan fingerprint density at radius 2 is 2.00 bits per heavy atom. The summed E-state index contributed by atoms with van der Waals surface area (Å²) in [5, 5.41) is 22.7. The van der Waals surface area contributed by atoms with E-state index < -0.39 is 0 Å². The summed E-state index contributed by atoms with van der Waals surface area (Å²) in [6.07, 6.45) is 6.01. The van der Waals surface area contributed by atoms with E-state index in [-0.39, 0.29) is 11.6 Å². The molecule has 1 aliphatic carbocycles. The number of aliphatic hydroxyl groups excluding tert-OH is 1. The number of aliphatic hydroxyl groups is 1. The Kier molecular flexibility index (Phi) is 3.99. The van der Waals surface area contributed by atoms with Crippen molar-refractivity contribution in [3.63, 3.8) is 0 Å². The molecule has 0 saturated heterocycles. The Labute approximate surface area is 153 Å². The first-order valence-electron chi connectivity index (χ1n) is 9.18. The van der Waals surface area contributed by atoms with Crippen LogP contribution in [0.1, 0.15) is 57.3 Å². The molecule has 7 heteroatoms. The van der Waals surface area contributed by atoms with E-state index in [0.717, 1.165) is 47.8 Å². The molecule has 0 aliphatic heterocycles. The quantitative estimate of drug-likeness (QED) is 0.754. The summed E-state index contributed by atoms with van der Waals surface area (Å²) < 4.78 is 3.85. The molecule has 0 bridgehead atoms. The number of rotatable bonds is 3. The van der Waals surface area contributed by atoms with Crippen molar-refractivity contribution in [1.82, 2.24) is 24.4 Å². The minimum absolute atomic E-state index is 0.168. The number of nitrogens with one attached hydrogen (secondary N) is 1. The van der Waals surface area contributed by atoms with Crippen LogP contribution in [0.5, 0.6) is 0 Å². The van der Waals surface area contributed by atoms with Gasteiger partial charge in [-0.05, 0) is 53.0 Å². The Morgan fingerprint density at radius 3 is 2.69 bits per heavy atom. The van der Waals surface area contributed by atoms with E-state index in [1.165, 1.54) is 0 Å². The zero-order chi connectivity index (χ0) is 18.5. The standard InChI is InChI=1S/C19H26N6O/c1-12-9-16-18(20-7-8-24(16)22-12)21-17-11-15(13-5-6-14(26)10-13)23-25(17)19(2,3)4/h7-9,11,13-14,26H,5-6,10H2,1-4H3,(H,20,21)/t13-,14+/m0/s1. The molecule has 4 rings (SSSR count). The maximum Gasteiger partial charge on any atom is 0.157 e. The van der Waals surface area contributed by atoms with E-state index in [1.54, 1.807) is 6.20 Å². The van der Waals surface area contributed by atoms with Crippen LogP contribution < -0.4 is 5.32 Å². The van der Waals surface area contributed by atoms with Crippen molar-refractivity contribution < 1.29 is 5.11 Å². The average Bonchev–Trinajstić information content (AvgIpc) is 3.24. The van der Waals surface area contributed by atoms with Crippen molar-refractivity contribution in [3.05, 3.63) is 35.9 Å². The maximum atomic E-state index is 9.88. The fraction of sp³-hybridized carbons (Fsp3) is 0.526. The summed E-state index contributed by atoms with van der Waals surface area (Å²) in [6, 6.07) is 4.11. The Bertz CT molecular complexity index is 935. The molecule has 3 heterocycles. The molecule has 1 fully saturated rings. The Morgan fingerprint density at radius 1 is 1.19 bits per heavy atom. The number of hydrogen-bond acceptors (Lipinski definition) is 5. The Balaban J connectivity index is 1.73. The molecule has 0 amide bonds. The van der Waals surface area contributed by atoms with Gasteiger partial charge in [-0.2, -0.15) is 10.2 Å². The van der Waals surface area contributed by atoms with Crippen LogP contribution in [-0.4, -0.2) is 35.6 Å². The van der Waals surface area contributed by atoms with Gasteiger partial charge in [-0.1, -0.05) is 0 Å². The average molecular weight is 354 g/mol. The molecule has 3 aromatic heterocycles. The van der Waals surface area contributed by atoms with E-state index in [2.05, 4.69) is 42.2 Å². The molecular weight excluding hydrogens is 328 g/mol. The first-order valence-corrected chi connectivity index (χ1v) is 9.18. The summed E-state index contributed by atoms with van der Waals surface area (Å²) in [5.74, 6) is 1.99. The lowest BCUT2D eigenvalue weighted by molar-refractivity contribution is 0.181. The number of nitrogens with zero attached hydrogens (tertiary/aromatic N) is 5. The van der Waals surface area contributed by atoms with Crippen molar-refractivity contribution in [2.24, 2.45) is 0 Å². The summed E-state index contributed by atoms with van der Waals surface area (Å²) in [7, 11) is 0. The summed E-state index contributed by atoms with van der Waals surface area (Å²) in [4.78, 5) is 4.50. The fourth-order valence-corrected chi connectivity index (χ4v) is 3.69.